The van der Waals surface area contributed by atoms with Gasteiger partial charge in [-0.15, -0.1) is 0 Å². The number of hydrogen-bond donors (Lipinski definition) is 1. The van der Waals surface area contributed by atoms with E-state index in [9.17, 15) is 4.79 Å². The molecule has 1 rings (SSSR count). The maximum absolute atomic E-state index is 10.7. The minimum atomic E-state index is -1.04. The lowest BCUT2D eigenvalue weighted by Crippen LogP contribution is -1.97. The van der Waals surface area contributed by atoms with Crippen LogP contribution >= 0.6 is 27.5 Å². The van der Waals surface area contributed by atoms with Gasteiger partial charge in [-0.25, -0.2) is 4.79 Å². The number of alkyl halides is 1. The van der Waals surface area contributed by atoms with Crippen molar-refractivity contribution in [3.8, 4) is 11.8 Å². The second-order valence-corrected chi connectivity index (χ2v) is 3.40. The van der Waals surface area contributed by atoms with Gasteiger partial charge < -0.3 is 5.11 Å². The molecule has 72 valence electrons. The van der Waals surface area contributed by atoms with Crippen LogP contribution in [0, 0.1) is 11.8 Å². The molecule has 0 aromatic heterocycles. The van der Waals surface area contributed by atoms with E-state index in [-0.39, 0.29) is 10.6 Å². The standard InChI is InChI=1S/C10H6BrClO2/c11-5-1-2-7-3-4-9(12)8(6-7)10(13)14/h3-4,6H,5H2,(H,13,14). The van der Waals surface area contributed by atoms with Crippen molar-refractivity contribution in [1.82, 2.24) is 0 Å². The maximum atomic E-state index is 10.7. The molecule has 14 heavy (non-hydrogen) atoms. The van der Waals surface area contributed by atoms with E-state index in [1.54, 1.807) is 6.07 Å². The largest absolute Gasteiger partial charge is 0.478 e. The number of carbonyl (C=O) groups is 1. The summed E-state index contributed by atoms with van der Waals surface area (Å²) in [5, 5.41) is 9.55. The van der Waals surface area contributed by atoms with Gasteiger partial charge in [-0.05, 0) is 18.2 Å². The molecule has 0 fully saturated rings. The van der Waals surface area contributed by atoms with Crippen LogP contribution in [-0.2, 0) is 0 Å². The van der Waals surface area contributed by atoms with Crippen molar-refractivity contribution in [2.45, 2.75) is 0 Å². The van der Waals surface area contributed by atoms with Gasteiger partial charge in [0.15, 0.2) is 0 Å². The average Bonchev–Trinajstić information content (AvgIpc) is 2.16. The number of carboxylic acid groups (broad SMARTS) is 1. The molecule has 0 heterocycles. The number of halogens is 2. The highest BCUT2D eigenvalue weighted by Gasteiger charge is 2.07. The van der Waals surface area contributed by atoms with E-state index >= 15 is 0 Å². The van der Waals surface area contributed by atoms with Crippen LogP contribution in [0.4, 0.5) is 0 Å². The predicted octanol–water partition coefficient (Wildman–Crippen LogP) is 2.78. The lowest BCUT2D eigenvalue weighted by atomic mass is 10.1. The molecule has 2 nitrogen and oxygen atoms in total. The molecule has 0 saturated heterocycles. The molecule has 1 aromatic rings. The number of hydrogen-bond acceptors (Lipinski definition) is 1. The minimum Gasteiger partial charge on any atom is -0.478 e. The third kappa shape index (κ3) is 2.76. The molecule has 0 bridgehead atoms. The summed E-state index contributed by atoms with van der Waals surface area (Å²) in [6.07, 6.45) is 0. The summed E-state index contributed by atoms with van der Waals surface area (Å²) in [5.41, 5.74) is 0.722. The first kappa shape index (κ1) is 11.1. The van der Waals surface area contributed by atoms with Crippen molar-refractivity contribution in [3.05, 3.63) is 34.3 Å². The molecule has 0 atom stereocenters. The summed E-state index contributed by atoms with van der Waals surface area (Å²) in [7, 11) is 0. The van der Waals surface area contributed by atoms with E-state index in [1.807, 2.05) is 0 Å². The van der Waals surface area contributed by atoms with Gasteiger partial charge in [-0.1, -0.05) is 39.4 Å². The summed E-state index contributed by atoms with van der Waals surface area (Å²) >= 11 is 8.84. The smallest absolute Gasteiger partial charge is 0.337 e. The first-order valence-corrected chi connectivity index (χ1v) is 5.22. The van der Waals surface area contributed by atoms with Crippen LogP contribution in [-0.4, -0.2) is 16.4 Å². The van der Waals surface area contributed by atoms with Gasteiger partial charge in [0, 0.05) is 5.56 Å². The highest BCUT2D eigenvalue weighted by Crippen LogP contribution is 2.17. The summed E-state index contributed by atoms with van der Waals surface area (Å²) in [4.78, 5) is 10.7. The fourth-order valence-corrected chi connectivity index (χ4v) is 1.24. The van der Waals surface area contributed by atoms with Crippen molar-refractivity contribution in [1.29, 1.82) is 0 Å². The summed E-state index contributed by atoms with van der Waals surface area (Å²) in [6, 6.07) is 4.67. The third-order valence-electron chi connectivity index (χ3n) is 1.50. The monoisotopic (exact) mass is 272 g/mol. The lowest BCUT2D eigenvalue weighted by Gasteiger charge is -1.98. The number of carboxylic acids is 1. The molecule has 0 amide bonds. The van der Waals surface area contributed by atoms with Crippen LogP contribution in [0.1, 0.15) is 15.9 Å². The Morgan fingerprint density at radius 3 is 2.86 bits per heavy atom. The molecular weight excluding hydrogens is 267 g/mol. The van der Waals surface area contributed by atoms with Crippen LogP contribution < -0.4 is 0 Å². The maximum Gasteiger partial charge on any atom is 0.337 e. The molecule has 1 N–H and O–H groups in total. The van der Waals surface area contributed by atoms with Crippen molar-refractivity contribution in [2.24, 2.45) is 0 Å². The first-order chi connectivity index (χ1) is 6.65. The highest BCUT2D eigenvalue weighted by molar-refractivity contribution is 9.09. The van der Waals surface area contributed by atoms with E-state index in [0.29, 0.717) is 10.9 Å². The van der Waals surface area contributed by atoms with Gasteiger partial charge in [-0.2, -0.15) is 0 Å². The van der Waals surface area contributed by atoms with Gasteiger partial charge in [-0.3, -0.25) is 0 Å². The van der Waals surface area contributed by atoms with Crippen molar-refractivity contribution >= 4 is 33.5 Å². The molecule has 0 aliphatic heterocycles. The molecule has 0 aliphatic carbocycles. The molecule has 0 aliphatic rings. The Labute approximate surface area is 95.0 Å². The fourth-order valence-electron chi connectivity index (χ4n) is 0.902. The van der Waals surface area contributed by atoms with Crippen LogP contribution in [0.3, 0.4) is 0 Å². The molecule has 0 unspecified atom stereocenters. The molecule has 0 saturated carbocycles. The van der Waals surface area contributed by atoms with Crippen molar-refractivity contribution in [2.75, 3.05) is 5.33 Å². The molecule has 0 spiro atoms. The quantitative estimate of drug-likeness (QED) is 0.631. The van der Waals surface area contributed by atoms with Crippen LogP contribution in [0.25, 0.3) is 0 Å². The van der Waals surface area contributed by atoms with E-state index < -0.39 is 5.97 Å². The zero-order chi connectivity index (χ0) is 10.6. The summed E-state index contributed by atoms with van der Waals surface area (Å²) < 4.78 is 0. The summed E-state index contributed by atoms with van der Waals surface area (Å²) in [5.74, 6) is 4.53. The first-order valence-electron chi connectivity index (χ1n) is 3.73. The van der Waals surface area contributed by atoms with Crippen molar-refractivity contribution < 1.29 is 9.90 Å². The predicted molar refractivity (Wildman–Crippen MR) is 59.1 cm³/mol. The van der Waals surface area contributed by atoms with E-state index in [1.165, 1.54) is 12.1 Å². The Hall–Kier alpha value is -0.980. The highest BCUT2D eigenvalue weighted by atomic mass is 79.9. The molecule has 4 heteroatoms. The van der Waals surface area contributed by atoms with Crippen molar-refractivity contribution in [3.63, 3.8) is 0 Å². The Kier molecular flexibility index (Phi) is 3.99. The summed E-state index contributed by atoms with van der Waals surface area (Å²) in [6.45, 7) is 0. The average molecular weight is 274 g/mol. The number of aromatic carboxylic acids is 1. The van der Waals surface area contributed by atoms with E-state index in [4.69, 9.17) is 16.7 Å². The zero-order valence-corrected chi connectivity index (χ0v) is 9.39. The number of rotatable bonds is 1. The van der Waals surface area contributed by atoms with Gasteiger partial charge >= 0.3 is 5.97 Å². The second-order valence-electron chi connectivity index (χ2n) is 2.44. The normalized spacial score (nSPS) is 9.00. The van der Waals surface area contributed by atoms with Gasteiger partial charge in [0.25, 0.3) is 0 Å². The van der Waals surface area contributed by atoms with Gasteiger partial charge in [0.05, 0.1) is 15.9 Å². The Bertz CT molecular complexity index is 418. The SMILES string of the molecule is O=C(O)c1cc(C#CCBr)ccc1Cl. The Morgan fingerprint density at radius 2 is 2.29 bits per heavy atom. The lowest BCUT2D eigenvalue weighted by molar-refractivity contribution is 0.0697. The zero-order valence-electron chi connectivity index (χ0n) is 7.05. The fraction of sp³-hybridized carbons (Fsp3) is 0.100. The Balaban J connectivity index is 3.13. The molecular formula is C10H6BrClO2. The van der Waals surface area contributed by atoms with Crippen LogP contribution in [0.15, 0.2) is 18.2 Å². The van der Waals surface area contributed by atoms with E-state index in [2.05, 4.69) is 27.8 Å². The Morgan fingerprint density at radius 1 is 1.57 bits per heavy atom. The van der Waals surface area contributed by atoms with Crippen LogP contribution in [0.2, 0.25) is 5.02 Å². The van der Waals surface area contributed by atoms with E-state index in [0.717, 1.165) is 0 Å². The topological polar surface area (TPSA) is 37.3 Å². The molecule has 0 radical (unpaired) electrons. The number of benzene rings is 1. The van der Waals surface area contributed by atoms with Gasteiger partial charge in [0.2, 0.25) is 0 Å². The van der Waals surface area contributed by atoms with Crippen LogP contribution in [0.5, 0.6) is 0 Å². The minimum absolute atomic E-state index is 0.0769. The molecule has 1 aromatic carbocycles. The third-order valence-corrected chi connectivity index (χ3v) is 2.11. The van der Waals surface area contributed by atoms with Gasteiger partial charge in [0.1, 0.15) is 0 Å². The second kappa shape index (κ2) is 5.04.